The summed E-state index contributed by atoms with van der Waals surface area (Å²) < 4.78 is 0. The Morgan fingerprint density at radius 1 is 1.08 bits per heavy atom. The van der Waals surface area contributed by atoms with E-state index in [9.17, 15) is 14.4 Å². The van der Waals surface area contributed by atoms with Crippen LogP contribution < -0.4 is 16.0 Å². The summed E-state index contributed by atoms with van der Waals surface area (Å²) in [7, 11) is 0. The van der Waals surface area contributed by atoms with Gasteiger partial charge < -0.3 is 16.0 Å². The summed E-state index contributed by atoms with van der Waals surface area (Å²) in [6, 6.07) is 7.38. The van der Waals surface area contributed by atoms with Crippen molar-refractivity contribution in [1.29, 1.82) is 0 Å². The van der Waals surface area contributed by atoms with E-state index in [1.54, 1.807) is 0 Å². The van der Waals surface area contributed by atoms with Gasteiger partial charge in [-0.25, -0.2) is 0 Å². The summed E-state index contributed by atoms with van der Waals surface area (Å²) in [4.78, 5) is 35.4. The summed E-state index contributed by atoms with van der Waals surface area (Å²) in [5.41, 5.74) is 1.62. The molecule has 25 heavy (non-hydrogen) atoms. The Bertz CT molecular complexity index is 610. The third kappa shape index (κ3) is 6.57. The first-order valence-electron chi connectivity index (χ1n) is 9.01. The summed E-state index contributed by atoms with van der Waals surface area (Å²) in [5, 5.41) is 8.32. The minimum atomic E-state index is -0.216. The fourth-order valence-corrected chi connectivity index (χ4v) is 2.97. The minimum absolute atomic E-state index is 0.00224. The maximum absolute atomic E-state index is 11.9. The Hall–Kier alpha value is -2.37. The molecule has 6 heteroatoms. The monoisotopic (exact) mass is 345 g/mol. The zero-order chi connectivity index (χ0) is 18.1. The van der Waals surface area contributed by atoms with Crippen LogP contribution in [-0.4, -0.2) is 24.3 Å². The molecule has 1 aliphatic rings. The Labute approximate surface area is 148 Å². The molecule has 1 saturated carbocycles. The molecular formula is C19H27N3O3. The molecule has 0 aromatic heterocycles. The Morgan fingerprint density at radius 2 is 1.84 bits per heavy atom. The zero-order valence-electron chi connectivity index (χ0n) is 14.8. The van der Waals surface area contributed by atoms with E-state index in [2.05, 4.69) is 16.0 Å². The molecule has 0 radical (unpaired) electrons. The molecule has 0 bridgehead atoms. The van der Waals surface area contributed by atoms with Crippen molar-refractivity contribution in [1.82, 2.24) is 10.6 Å². The molecule has 136 valence electrons. The lowest BCUT2D eigenvalue weighted by molar-refractivity contribution is -0.128. The normalized spacial score (nSPS) is 14.1. The van der Waals surface area contributed by atoms with Gasteiger partial charge in [-0.2, -0.15) is 0 Å². The molecular weight excluding hydrogens is 318 g/mol. The molecule has 2 rings (SSSR count). The molecule has 3 amide bonds. The smallest absolute Gasteiger partial charge is 0.239 e. The van der Waals surface area contributed by atoms with Gasteiger partial charge in [-0.05, 0) is 37.0 Å². The number of carbonyl (C=O) groups excluding carboxylic acids is 3. The quantitative estimate of drug-likeness (QED) is 0.676. The Morgan fingerprint density at radius 3 is 2.56 bits per heavy atom. The van der Waals surface area contributed by atoms with Crippen molar-refractivity contribution < 1.29 is 14.4 Å². The maximum atomic E-state index is 11.9. The average Bonchev–Trinajstić information content (AvgIpc) is 3.13. The first-order chi connectivity index (χ1) is 12.1. The third-order valence-electron chi connectivity index (χ3n) is 4.33. The number of anilines is 1. The lowest BCUT2D eigenvalue weighted by atomic mass is 10.1. The molecule has 0 aliphatic heterocycles. The van der Waals surface area contributed by atoms with E-state index in [-0.39, 0.29) is 30.2 Å². The van der Waals surface area contributed by atoms with Gasteiger partial charge in [0.2, 0.25) is 17.7 Å². The SMILES string of the molecule is CCCC(=O)Nc1cccc(CNC(=O)CNC(=O)C2CCCC2)c1. The highest BCUT2D eigenvalue weighted by Gasteiger charge is 2.22. The highest BCUT2D eigenvalue weighted by molar-refractivity contribution is 5.90. The molecule has 0 heterocycles. The van der Waals surface area contributed by atoms with Gasteiger partial charge in [-0.1, -0.05) is 31.9 Å². The van der Waals surface area contributed by atoms with Crippen LogP contribution in [0.2, 0.25) is 0 Å². The summed E-state index contributed by atoms with van der Waals surface area (Å²) >= 11 is 0. The van der Waals surface area contributed by atoms with E-state index in [1.165, 1.54) is 0 Å². The van der Waals surface area contributed by atoms with E-state index in [0.29, 0.717) is 13.0 Å². The highest BCUT2D eigenvalue weighted by atomic mass is 16.2. The first kappa shape index (κ1) is 19.0. The van der Waals surface area contributed by atoms with E-state index < -0.39 is 0 Å². The standard InChI is InChI=1S/C19H27N3O3/c1-2-6-17(23)22-16-10-5-7-14(11-16)12-20-18(24)13-21-19(25)15-8-3-4-9-15/h5,7,10-11,15H,2-4,6,8-9,12-13H2,1H3,(H,20,24)(H,21,25)(H,22,23). The molecule has 0 spiro atoms. The van der Waals surface area contributed by atoms with Crippen molar-refractivity contribution in [3.63, 3.8) is 0 Å². The number of benzene rings is 1. The van der Waals surface area contributed by atoms with E-state index >= 15 is 0 Å². The maximum Gasteiger partial charge on any atom is 0.239 e. The van der Waals surface area contributed by atoms with Gasteiger partial charge in [0.25, 0.3) is 0 Å². The molecule has 1 aromatic rings. The zero-order valence-corrected chi connectivity index (χ0v) is 14.8. The van der Waals surface area contributed by atoms with Crippen LogP contribution in [0.1, 0.15) is 51.0 Å². The van der Waals surface area contributed by atoms with Gasteiger partial charge in [0.15, 0.2) is 0 Å². The molecule has 6 nitrogen and oxygen atoms in total. The number of rotatable bonds is 8. The van der Waals surface area contributed by atoms with Gasteiger partial charge in [-0.15, -0.1) is 0 Å². The van der Waals surface area contributed by atoms with E-state index in [0.717, 1.165) is 43.4 Å². The molecule has 1 fully saturated rings. The molecule has 0 atom stereocenters. The molecule has 0 unspecified atom stereocenters. The van der Waals surface area contributed by atoms with Crippen LogP contribution >= 0.6 is 0 Å². The summed E-state index contributed by atoms with van der Waals surface area (Å²) in [6.07, 6.45) is 5.31. The van der Waals surface area contributed by atoms with Crippen LogP contribution in [0.3, 0.4) is 0 Å². The van der Waals surface area contributed by atoms with Crippen molar-refractivity contribution in [2.75, 3.05) is 11.9 Å². The van der Waals surface area contributed by atoms with Crippen LogP contribution in [0.4, 0.5) is 5.69 Å². The lowest BCUT2D eigenvalue weighted by Crippen LogP contribution is -2.38. The Balaban J connectivity index is 1.73. The lowest BCUT2D eigenvalue weighted by Gasteiger charge is -2.11. The van der Waals surface area contributed by atoms with Crippen molar-refractivity contribution in [2.24, 2.45) is 5.92 Å². The minimum Gasteiger partial charge on any atom is -0.350 e. The van der Waals surface area contributed by atoms with Crippen LogP contribution in [0.5, 0.6) is 0 Å². The highest BCUT2D eigenvalue weighted by Crippen LogP contribution is 2.24. The average molecular weight is 345 g/mol. The predicted octanol–water partition coefficient (Wildman–Crippen LogP) is 2.35. The summed E-state index contributed by atoms with van der Waals surface area (Å²) in [5.74, 6) is -0.186. The van der Waals surface area contributed by atoms with E-state index in [4.69, 9.17) is 0 Å². The number of hydrogen-bond acceptors (Lipinski definition) is 3. The van der Waals surface area contributed by atoms with Gasteiger partial charge >= 0.3 is 0 Å². The predicted molar refractivity (Wildman–Crippen MR) is 96.8 cm³/mol. The number of nitrogens with one attached hydrogen (secondary N) is 3. The van der Waals surface area contributed by atoms with Gasteiger partial charge in [0, 0.05) is 24.6 Å². The third-order valence-corrected chi connectivity index (χ3v) is 4.33. The molecule has 0 saturated heterocycles. The number of hydrogen-bond donors (Lipinski definition) is 3. The van der Waals surface area contributed by atoms with Crippen molar-refractivity contribution in [3.05, 3.63) is 29.8 Å². The second-order valence-corrected chi connectivity index (χ2v) is 6.47. The van der Waals surface area contributed by atoms with E-state index in [1.807, 2.05) is 31.2 Å². The Kier molecular flexibility index (Phi) is 7.44. The van der Waals surface area contributed by atoms with Gasteiger partial charge in [0.1, 0.15) is 0 Å². The topological polar surface area (TPSA) is 87.3 Å². The van der Waals surface area contributed by atoms with Gasteiger partial charge in [0.05, 0.1) is 6.54 Å². The van der Waals surface area contributed by atoms with Crippen LogP contribution in [-0.2, 0) is 20.9 Å². The van der Waals surface area contributed by atoms with Crippen LogP contribution in [0.15, 0.2) is 24.3 Å². The molecule has 1 aromatic carbocycles. The fraction of sp³-hybridized carbons (Fsp3) is 0.526. The van der Waals surface area contributed by atoms with Gasteiger partial charge in [-0.3, -0.25) is 14.4 Å². The summed E-state index contributed by atoms with van der Waals surface area (Å²) in [6.45, 7) is 2.31. The number of amides is 3. The van der Waals surface area contributed by atoms with Crippen molar-refractivity contribution in [3.8, 4) is 0 Å². The number of carbonyl (C=O) groups is 3. The molecule has 1 aliphatic carbocycles. The van der Waals surface area contributed by atoms with Crippen molar-refractivity contribution >= 4 is 23.4 Å². The van der Waals surface area contributed by atoms with Crippen LogP contribution in [0.25, 0.3) is 0 Å². The first-order valence-corrected chi connectivity index (χ1v) is 9.01. The fourth-order valence-electron chi connectivity index (χ4n) is 2.97. The second kappa shape index (κ2) is 9.81. The largest absolute Gasteiger partial charge is 0.350 e. The molecule has 3 N–H and O–H groups in total. The van der Waals surface area contributed by atoms with Crippen molar-refractivity contribution in [2.45, 2.75) is 52.0 Å². The van der Waals surface area contributed by atoms with Crippen LogP contribution in [0, 0.1) is 5.92 Å². The second-order valence-electron chi connectivity index (χ2n) is 6.47.